The largest absolute Gasteiger partial charge is 0.0775 e. The van der Waals surface area contributed by atoms with Crippen molar-refractivity contribution in [2.75, 3.05) is 5.75 Å². The lowest BCUT2D eigenvalue weighted by Crippen LogP contribution is -1.61. The monoisotopic (exact) mass is 252 g/mol. The van der Waals surface area contributed by atoms with E-state index >= 15 is 0 Å². The van der Waals surface area contributed by atoms with Crippen LogP contribution < -0.4 is 0 Å². The summed E-state index contributed by atoms with van der Waals surface area (Å²) in [5.74, 6) is 1.08. The van der Waals surface area contributed by atoms with Crippen LogP contribution in [0.2, 0.25) is 0 Å². The molecule has 0 amide bonds. The van der Waals surface area contributed by atoms with Gasteiger partial charge in [0, 0.05) is 5.75 Å². The van der Waals surface area contributed by atoms with E-state index in [0.717, 1.165) is 5.75 Å². The molecule has 1 rings (SSSR count). The SMILES string of the molecule is C1=C\CSSSSS/C=C/C=C/1. The van der Waals surface area contributed by atoms with Crippen molar-refractivity contribution in [3.63, 3.8) is 0 Å². The fraction of sp³-hybridized carbons (Fsp3) is 0.143. The van der Waals surface area contributed by atoms with E-state index in [0.29, 0.717) is 0 Å². The highest BCUT2D eigenvalue weighted by Gasteiger charge is 1.89. The van der Waals surface area contributed by atoms with Crippen molar-refractivity contribution in [2.45, 2.75) is 0 Å². The third kappa shape index (κ3) is 6.48. The van der Waals surface area contributed by atoms with Crippen LogP contribution in [0.15, 0.2) is 35.8 Å². The predicted octanol–water partition coefficient (Wildman–Crippen LogP) is 4.95. The van der Waals surface area contributed by atoms with E-state index < -0.39 is 0 Å². The molecule has 0 aromatic rings. The summed E-state index contributed by atoms with van der Waals surface area (Å²) in [6, 6.07) is 0. The van der Waals surface area contributed by atoms with Gasteiger partial charge in [0.05, 0.1) is 0 Å². The lowest BCUT2D eigenvalue weighted by atomic mass is 10.4. The number of rotatable bonds is 0. The van der Waals surface area contributed by atoms with E-state index in [9.17, 15) is 0 Å². The van der Waals surface area contributed by atoms with Gasteiger partial charge in [-0.05, 0) is 34.9 Å². The molecule has 0 unspecified atom stereocenters. The molecule has 1 heterocycles. The summed E-state index contributed by atoms with van der Waals surface area (Å²) in [4.78, 5) is 0. The predicted molar refractivity (Wildman–Crippen MR) is 70.2 cm³/mol. The second kappa shape index (κ2) is 8.56. The first-order valence-electron chi connectivity index (χ1n) is 3.27. The van der Waals surface area contributed by atoms with Crippen molar-refractivity contribution < 1.29 is 0 Å². The lowest BCUT2D eigenvalue weighted by Gasteiger charge is -1.94. The maximum absolute atomic E-state index is 2.17. The number of hydrogen-bond donors (Lipinski definition) is 0. The fourth-order valence-corrected chi connectivity index (χ4v) is 8.16. The Morgan fingerprint density at radius 3 is 2.75 bits per heavy atom. The van der Waals surface area contributed by atoms with Gasteiger partial charge in [-0.3, -0.25) is 0 Å². The average Bonchev–Trinajstić information content (AvgIpc) is 2.05. The molecule has 0 aromatic carbocycles. The van der Waals surface area contributed by atoms with Gasteiger partial charge in [-0.1, -0.05) is 52.0 Å². The van der Waals surface area contributed by atoms with Crippen LogP contribution in [0.5, 0.6) is 0 Å². The Kier molecular flexibility index (Phi) is 7.88. The second-order valence-corrected chi connectivity index (χ2v) is 9.35. The minimum absolute atomic E-state index is 1.08. The van der Waals surface area contributed by atoms with Crippen molar-refractivity contribution in [1.82, 2.24) is 0 Å². The van der Waals surface area contributed by atoms with Crippen LogP contribution in [0.25, 0.3) is 0 Å². The molecule has 12 heavy (non-hydrogen) atoms. The van der Waals surface area contributed by atoms with Crippen LogP contribution in [-0.4, -0.2) is 5.75 Å². The summed E-state index contributed by atoms with van der Waals surface area (Å²) in [6.45, 7) is 0. The quantitative estimate of drug-likeness (QED) is 0.558. The van der Waals surface area contributed by atoms with E-state index in [1.54, 1.807) is 20.6 Å². The van der Waals surface area contributed by atoms with Gasteiger partial charge in [0.15, 0.2) is 0 Å². The molecule has 0 saturated carbocycles. The zero-order valence-electron chi connectivity index (χ0n) is 6.21. The van der Waals surface area contributed by atoms with Crippen LogP contribution in [0.3, 0.4) is 0 Å². The van der Waals surface area contributed by atoms with Crippen LogP contribution in [0, 0.1) is 0 Å². The van der Waals surface area contributed by atoms with Crippen molar-refractivity contribution >= 4 is 51.1 Å². The molecule has 0 atom stereocenters. The van der Waals surface area contributed by atoms with Gasteiger partial charge in [-0.2, -0.15) is 0 Å². The Balaban J connectivity index is 2.32. The summed E-state index contributed by atoms with van der Waals surface area (Å²) in [5, 5.41) is 2.09. The van der Waals surface area contributed by atoms with Crippen molar-refractivity contribution in [1.29, 1.82) is 0 Å². The van der Waals surface area contributed by atoms with Crippen molar-refractivity contribution in [3.05, 3.63) is 35.8 Å². The Morgan fingerprint density at radius 1 is 0.833 bits per heavy atom. The van der Waals surface area contributed by atoms with Gasteiger partial charge in [0.2, 0.25) is 0 Å². The number of allylic oxidation sites excluding steroid dienone is 4. The molecular weight excluding hydrogens is 244 g/mol. The van der Waals surface area contributed by atoms with E-state index in [1.165, 1.54) is 0 Å². The van der Waals surface area contributed by atoms with Gasteiger partial charge in [0.1, 0.15) is 0 Å². The average molecular weight is 252 g/mol. The Morgan fingerprint density at radius 2 is 1.75 bits per heavy atom. The lowest BCUT2D eigenvalue weighted by molar-refractivity contribution is 1.76. The summed E-state index contributed by atoms with van der Waals surface area (Å²) in [5.41, 5.74) is 0. The zero-order valence-corrected chi connectivity index (χ0v) is 10.3. The summed E-state index contributed by atoms with van der Waals surface area (Å²) >= 11 is 0. The van der Waals surface area contributed by atoms with Gasteiger partial charge in [-0.15, -0.1) is 0 Å². The molecular formula is C7H8S5. The molecule has 66 valence electrons. The Labute approximate surface area is 92.1 Å². The van der Waals surface area contributed by atoms with Crippen molar-refractivity contribution in [2.24, 2.45) is 0 Å². The third-order valence-corrected chi connectivity index (χ3v) is 8.97. The summed E-state index contributed by atoms with van der Waals surface area (Å²) < 4.78 is 0. The molecule has 0 spiro atoms. The highest BCUT2D eigenvalue weighted by molar-refractivity contribution is 9.36. The Hall–Kier alpha value is 0.970. The molecule has 0 bridgehead atoms. The molecule has 1 aliphatic heterocycles. The van der Waals surface area contributed by atoms with Gasteiger partial charge in [-0.25, -0.2) is 0 Å². The van der Waals surface area contributed by atoms with Crippen LogP contribution in [-0.2, 0) is 0 Å². The summed E-state index contributed by atoms with van der Waals surface area (Å²) in [6.07, 6.45) is 10.4. The molecule has 1 aliphatic rings. The van der Waals surface area contributed by atoms with E-state index in [4.69, 9.17) is 0 Å². The highest BCUT2D eigenvalue weighted by atomic mass is 33.8. The Bertz CT molecular complexity index is 164. The minimum Gasteiger partial charge on any atom is -0.0775 e. The smallest absolute Gasteiger partial charge is 0.0229 e. The molecule has 0 aliphatic carbocycles. The fourth-order valence-electron chi connectivity index (χ4n) is 0.477. The first-order chi connectivity index (χ1) is 6.00. The van der Waals surface area contributed by atoms with Gasteiger partial charge >= 0.3 is 0 Å². The van der Waals surface area contributed by atoms with Gasteiger partial charge in [0.25, 0.3) is 0 Å². The topological polar surface area (TPSA) is 0 Å². The minimum atomic E-state index is 1.08. The first-order valence-corrected chi connectivity index (χ1v) is 9.65. The molecule has 0 aromatic heterocycles. The molecule has 0 saturated heterocycles. The maximum atomic E-state index is 2.17. The summed E-state index contributed by atoms with van der Waals surface area (Å²) in [7, 11) is 9.08. The molecule has 0 N–H and O–H groups in total. The molecule has 0 radical (unpaired) electrons. The zero-order chi connectivity index (χ0) is 8.49. The van der Waals surface area contributed by atoms with E-state index in [2.05, 4.69) is 29.7 Å². The van der Waals surface area contributed by atoms with Crippen LogP contribution >= 0.6 is 51.1 Å². The van der Waals surface area contributed by atoms with Crippen LogP contribution in [0.4, 0.5) is 0 Å². The first kappa shape index (κ1) is 11.0. The maximum Gasteiger partial charge on any atom is 0.0229 e. The highest BCUT2D eigenvalue weighted by Crippen LogP contribution is 2.48. The normalized spacial score (nSPS) is 28.0. The van der Waals surface area contributed by atoms with E-state index in [1.807, 2.05) is 36.5 Å². The van der Waals surface area contributed by atoms with E-state index in [-0.39, 0.29) is 0 Å². The third-order valence-electron chi connectivity index (χ3n) is 0.911. The number of hydrogen-bond acceptors (Lipinski definition) is 5. The molecule has 5 heteroatoms. The second-order valence-electron chi connectivity index (χ2n) is 1.73. The van der Waals surface area contributed by atoms with Crippen molar-refractivity contribution in [3.8, 4) is 0 Å². The standard InChI is InChI=1S/C7H8S5/c1-2-4-6-8-10-12-11-9-7-5-3-1/h1-6H,7H2/b2-1+,5-3-,6-4+. The van der Waals surface area contributed by atoms with Gasteiger partial charge < -0.3 is 0 Å². The van der Waals surface area contributed by atoms with Crippen LogP contribution in [0.1, 0.15) is 0 Å². The molecule has 0 nitrogen and oxygen atoms in total. The molecule has 0 fully saturated rings.